The number of carbonyl (C=O) groups is 1. The lowest BCUT2D eigenvalue weighted by atomic mass is 9.75. The SMILES string of the molecule is O=C(O)C1=C2NCCC2CC2CNCC=C12. The number of nitrogens with one attached hydrogen (secondary N) is 2. The van der Waals surface area contributed by atoms with Gasteiger partial charge in [-0.3, -0.25) is 0 Å². The van der Waals surface area contributed by atoms with E-state index in [9.17, 15) is 9.90 Å². The molecule has 3 N–H and O–H groups in total. The zero-order chi connectivity index (χ0) is 11.1. The largest absolute Gasteiger partial charge is 0.478 e. The average molecular weight is 220 g/mol. The molecule has 0 aromatic carbocycles. The Morgan fingerprint density at radius 1 is 1.44 bits per heavy atom. The van der Waals surface area contributed by atoms with Crippen LogP contribution in [-0.4, -0.2) is 30.7 Å². The second-order valence-corrected chi connectivity index (χ2v) is 4.76. The second-order valence-electron chi connectivity index (χ2n) is 4.76. The van der Waals surface area contributed by atoms with Gasteiger partial charge in [0.15, 0.2) is 0 Å². The third-order valence-corrected chi connectivity index (χ3v) is 3.85. The minimum absolute atomic E-state index is 0.397. The van der Waals surface area contributed by atoms with Crippen LogP contribution in [0.1, 0.15) is 12.8 Å². The minimum atomic E-state index is -0.771. The second kappa shape index (κ2) is 3.63. The first-order valence-corrected chi connectivity index (χ1v) is 5.90. The molecule has 2 unspecified atom stereocenters. The normalized spacial score (nSPS) is 32.6. The van der Waals surface area contributed by atoms with E-state index in [1.807, 2.05) is 6.08 Å². The fraction of sp³-hybridized carbons (Fsp3) is 0.583. The molecule has 3 aliphatic rings. The molecular formula is C12H16N2O2. The van der Waals surface area contributed by atoms with Crippen molar-refractivity contribution in [3.8, 4) is 0 Å². The lowest BCUT2D eigenvalue weighted by Gasteiger charge is -2.33. The third-order valence-electron chi connectivity index (χ3n) is 3.85. The maximum Gasteiger partial charge on any atom is 0.337 e. The molecule has 4 nitrogen and oxygen atoms in total. The molecule has 0 bridgehead atoms. The zero-order valence-corrected chi connectivity index (χ0v) is 9.12. The lowest BCUT2D eigenvalue weighted by molar-refractivity contribution is -0.132. The quantitative estimate of drug-likeness (QED) is 0.601. The van der Waals surface area contributed by atoms with Gasteiger partial charge in [0.25, 0.3) is 0 Å². The highest BCUT2D eigenvalue weighted by Crippen LogP contribution is 2.41. The van der Waals surface area contributed by atoms with E-state index in [0.717, 1.165) is 43.7 Å². The number of carboxylic acid groups (broad SMARTS) is 1. The monoisotopic (exact) mass is 220 g/mol. The van der Waals surface area contributed by atoms with E-state index in [4.69, 9.17) is 0 Å². The Morgan fingerprint density at radius 3 is 3.12 bits per heavy atom. The summed E-state index contributed by atoms with van der Waals surface area (Å²) in [4.78, 5) is 11.4. The summed E-state index contributed by atoms with van der Waals surface area (Å²) >= 11 is 0. The predicted octanol–water partition coefficient (Wildman–Crippen LogP) is 0.484. The van der Waals surface area contributed by atoms with Gasteiger partial charge in [0.05, 0.1) is 5.57 Å². The molecule has 0 saturated carbocycles. The fourth-order valence-corrected chi connectivity index (χ4v) is 3.17. The summed E-state index contributed by atoms with van der Waals surface area (Å²) in [7, 11) is 0. The van der Waals surface area contributed by atoms with Gasteiger partial charge >= 0.3 is 5.97 Å². The molecule has 4 heteroatoms. The molecule has 86 valence electrons. The number of aliphatic carboxylic acids is 1. The van der Waals surface area contributed by atoms with Gasteiger partial charge in [0.2, 0.25) is 0 Å². The average Bonchev–Trinajstić information content (AvgIpc) is 2.72. The summed E-state index contributed by atoms with van der Waals surface area (Å²) in [6, 6.07) is 0. The van der Waals surface area contributed by atoms with Crippen molar-refractivity contribution in [1.29, 1.82) is 0 Å². The summed E-state index contributed by atoms with van der Waals surface area (Å²) < 4.78 is 0. The molecule has 0 radical (unpaired) electrons. The van der Waals surface area contributed by atoms with Crippen molar-refractivity contribution in [3.05, 3.63) is 22.9 Å². The molecule has 1 saturated heterocycles. The highest BCUT2D eigenvalue weighted by atomic mass is 16.4. The maximum atomic E-state index is 11.4. The Balaban J connectivity index is 2.10. The molecule has 16 heavy (non-hydrogen) atoms. The van der Waals surface area contributed by atoms with Crippen LogP contribution in [-0.2, 0) is 4.79 Å². The Morgan fingerprint density at radius 2 is 2.31 bits per heavy atom. The van der Waals surface area contributed by atoms with Crippen molar-refractivity contribution >= 4 is 5.97 Å². The first kappa shape index (κ1) is 9.90. The van der Waals surface area contributed by atoms with Gasteiger partial charge in [-0.05, 0) is 24.3 Å². The van der Waals surface area contributed by atoms with Gasteiger partial charge in [-0.25, -0.2) is 4.79 Å². The van der Waals surface area contributed by atoms with Crippen LogP contribution in [0.2, 0.25) is 0 Å². The van der Waals surface area contributed by atoms with E-state index in [1.165, 1.54) is 0 Å². The van der Waals surface area contributed by atoms with Gasteiger partial charge < -0.3 is 15.7 Å². The molecule has 2 atom stereocenters. The fourth-order valence-electron chi connectivity index (χ4n) is 3.17. The van der Waals surface area contributed by atoms with Crippen LogP contribution >= 0.6 is 0 Å². The van der Waals surface area contributed by atoms with Gasteiger partial charge in [-0.1, -0.05) is 6.08 Å². The summed E-state index contributed by atoms with van der Waals surface area (Å²) in [5.74, 6) is 0.0638. The van der Waals surface area contributed by atoms with Gasteiger partial charge in [0.1, 0.15) is 0 Å². The van der Waals surface area contributed by atoms with E-state index in [1.54, 1.807) is 0 Å². The van der Waals surface area contributed by atoms with Crippen LogP contribution in [0, 0.1) is 11.8 Å². The summed E-state index contributed by atoms with van der Waals surface area (Å²) in [5.41, 5.74) is 2.59. The van der Waals surface area contributed by atoms with E-state index >= 15 is 0 Å². The number of rotatable bonds is 1. The molecule has 0 amide bonds. The van der Waals surface area contributed by atoms with Crippen LogP contribution in [0.15, 0.2) is 22.9 Å². The van der Waals surface area contributed by atoms with E-state index in [2.05, 4.69) is 10.6 Å². The van der Waals surface area contributed by atoms with Crippen LogP contribution < -0.4 is 10.6 Å². The van der Waals surface area contributed by atoms with Crippen LogP contribution in [0.4, 0.5) is 0 Å². The molecule has 2 aliphatic heterocycles. The summed E-state index contributed by atoms with van der Waals surface area (Å²) in [6.45, 7) is 2.64. The van der Waals surface area contributed by atoms with E-state index < -0.39 is 5.97 Å². The Bertz CT molecular complexity index is 398. The molecule has 1 fully saturated rings. The lowest BCUT2D eigenvalue weighted by Crippen LogP contribution is -2.36. The number of fused-ring (bicyclic) bond motifs is 2. The molecular weight excluding hydrogens is 204 g/mol. The van der Waals surface area contributed by atoms with Crippen molar-refractivity contribution in [2.75, 3.05) is 19.6 Å². The van der Waals surface area contributed by atoms with Gasteiger partial charge in [-0.2, -0.15) is 0 Å². The van der Waals surface area contributed by atoms with Crippen LogP contribution in [0.5, 0.6) is 0 Å². The third kappa shape index (κ3) is 1.37. The minimum Gasteiger partial charge on any atom is -0.478 e. The van der Waals surface area contributed by atoms with Crippen LogP contribution in [0.3, 0.4) is 0 Å². The molecule has 0 aromatic heterocycles. The summed E-state index contributed by atoms with van der Waals surface area (Å²) in [6.07, 6.45) is 4.22. The molecule has 0 aromatic rings. The van der Waals surface area contributed by atoms with Gasteiger partial charge in [0, 0.05) is 31.2 Å². The smallest absolute Gasteiger partial charge is 0.337 e. The van der Waals surface area contributed by atoms with Crippen molar-refractivity contribution < 1.29 is 9.90 Å². The highest BCUT2D eigenvalue weighted by molar-refractivity contribution is 5.93. The molecule has 0 spiro atoms. The standard InChI is InChI=1S/C12H16N2O2/c15-12(16)10-9-2-3-13-6-8(9)5-7-1-4-14-11(7)10/h2,7-8,13-14H,1,3-6H2,(H,15,16). The topological polar surface area (TPSA) is 61.4 Å². The van der Waals surface area contributed by atoms with E-state index in [-0.39, 0.29) is 0 Å². The molecule has 2 heterocycles. The van der Waals surface area contributed by atoms with Crippen molar-refractivity contribution in [3.63, 3.8) is 0 Å². The first-order chi connectivity index (χ1) is 7.77. The first-order valence-electron chi connectivity index (χ1n) is 5.90. The van der Waals surface area contributed by atoms with Crippen molar-refractivity contribution in [1.82, 2.24) is 10.6 Å². The Kier molecular flexibility index (Phi) is 2.24. The zero-order valence-electron chi connectivity index (χ0n) is 9.12. The Hall–Kier alpha value is -1.29. The highest BCUT2D eigenvalue weighted by Gasteiger charge is 2.38. The maximum absolute atomic E-state index is 11.4. The van der Waals surface area contributed by atoms with Crippen molar-refractivity contribution in [2.45, 2.75) is 12.8 Å². The summed E-state index contributed by atoms with van der Waals surface area (Å²) in [5, 5.41) is 15.9. The van der Waals surface area contributed by atoms with Gasteiger partial charge in [-0.15, -0.1) is 0 Å². The van der Waals surface area contributed by atoms with Crippen molar-refractivity contribution in [2.24, 2.45) is 11.8 Å². The predicted molar refractivity (Wildman–Crippen MR) is 59.8 cm³/mol. The Labute approximate surface area is 94.4 Å². The molecule has 3 rings (SSSR count). The van der Waals surface area contributed by atoms with E-state index in [0.29, 0.717) is 17.4 Å². The van der Waals surface area contributed by atoms with Crippen LogP contribution in [0.25, 0.3) is 0 Å². The molecule has 1 aliphatic carbocycles. The number of hydrogen-bond acceptors (Lipinski definition) is 3. The number of carboxylic acids is 1. The number of hydrogen-bond donors (Lipinski definition) is 3. The number of allylic oxidation sites excluding steroid dienone is 1.